The van der Waals surface area contributed by atoms with Gasteiger partial charge in [-0.3, -0.25) is 0 Å². The number of ether oxygens (including phenoxy) is 1. The largest absolute Gasteiger partial charge is 0.488 e. The first kappa shape index (κ1) is 14.8. The Morgan fingerprint density at radius 2 is 2.29 bits per heavy atom. The summed E-state index contributed by atoms with van der Waals surface area (Å²) in [7, 11) is 0. The Balaban J connectivity index is 2.82. The molecule has 0 radical (unpaired) electrons. The standard InChI is InChI=1S/C12H14BrCl2NO/c1-8(16)4-9-5-10(13)2-3-12(9)17-7-11(15)6-14/h2-3,5-6,8H,4,7,16H2,1H3. The molecule has 5 heteroatoms. The highest BCUT2D eigenvalue weighted by molar-refractivity contribution is 9.10. The summed E-state index contributed by atoms with van der Waals surface area (Å²) in [6.07, 6.45) is 0.747. The van der Waals surface area contributed by atoms with Gasteiger partial charge in [-0.05, 0) is 37.1 Å². The van der Waals surface area contributed by atoms with E-state index in [1.165, 1.54) is 5.54 Å². The fourth-order valence-corrected chi connectivity index (χ4v) is 1.90. The molecular weight excluding hydrogens is 325 g/mol. The highest BCUT2D eigenvalue weighted by Gasteiger charge is 2.07. The number of nitrogens with two attached hydrogens (primary N) is 1. The van der Waals surface area contributed by atoms with Crippen molar-refractivity contribution in [1.29, 1.82) is 0 Å². The fraction of sp³-hybridized carbons (Fsp3) is 0.333. The second-order valence-corrected chi connectivity index (χ2v) is 5.40. The van der Waals surface area contributed by atoms with E-state index >= 15 is 0 Å². The average Bonchev–Trinajstić information content (AvgIpc) is 2.26. The van der Waals surface area contributed by atoms with Gasteiger partial charge in [0, 0.05) is 16.0 Å². The second kappa shape index (κ2) is 7.27. The van der Waals surface area contributed by atoms with Crippen LogP contribution in [0.1, 0.15) is 12.5 Å². The zero-order chi connectivity index (χ0) is 12.8. The molecule has 94 valence electrons. The Morgan fingerprint density at radius 1 is 1.59 bits per heavy atom. The summed E-state index contributed by atoms with van der Waals surface area (Å²) in [6.45, 7) is 2.22. The maximum absolute atomic E-state index is 5.80. The molecule has 2 N–H and O–H groups in total. The maximum atomic E-state index is 5.80. The highest BCUT2D eigenvalue weighted by atomic mass is 79.9. The molecule has 0 amide bonds. The molecule has 17 heavy (non-hydrogen) atoms. The molecule has 0 fully saturated rings. The van der Waals surface area contributed by atoms with E-state index in [1.54, 1.807) is 0 Å². The van der Waals surface area contributed by atoms with Gasteiger partial charge in [-0.1, -0.05) is 39.1 Å². The molecule has 0 saturated carbocycles. The molecular formula is C12H14BrCl2NO. The van der Waals surface area contributed by atoms with Gasteiger partial charge in [0.1, 0.15) is 12.4 Å². The molecule has 0 aliphatic rings. The Kier molecular flexibility index (Phi) is 6.34. The van der Waals surface area contributed by atoms with Crippen LogP contribution in [0.3, 0.4) is 0 Å². The normalized spacial score (nSPS) is 13.6. The predicted octanol–water partition coefficient (Wildman–Crippen LogP) is 4.04. The lowest BCUT2D eigenvalue weighted by Gasteiger charge is -2.13. The molecule has 0 bridgehead atoms. The summed E-state index contributed by atoms with van der Waals surface area (Å²) in [5.41, 5.74) is 8.14. The van der Waals surface area contributed by atoms with Crippen molar-refractivity contribution in [2.75, 3.05) is 6.61 Å². The van der Waals surface area contributed by atoms with E-state index in [2.05, 4.69) is 15.9 Å². The minimum absolute atomic E-state index is 0.0747. The molecule has 0 heterocycles. The summed E-state index contributed by atoms with van der Waals surface area (Å²) in [6, 6.07) is 5.88. The molecule has 0 aliphatic heterocycles. The molecule has 2 nitrogen and oxygen atoms in total. The maximum Gasteiger partial charge on any atom is 0.125 e. The topological polar surface area (TPSA) is 35.2 Å². The first-order valence-corrected chi connectivity index (χ1v) is 6.75. The van der Waals surface area contributed by atoms with E-state index in [4.69, 9.17) is 33.7 Å². The van der Waals surface area contributed by atoms with E-state index in [0.717, 1.165) is 22.2 Å². The lowest BCUT2D eigenvalue weighted by molar-refractivity contribution is 0.354. The van der Waals surface area contributed by atoms with Crippen LogP contribution in [0.2, 0.25) is 0 Å². The van der Waals surface area contributed by atoms with E-state index in [0.29, 0.717) is 5.03 Å². The molecule has 1 aromatic rings. The van der Waals surface area contributed by atoms with Gasteiger partial charge in [0.15, 0.2) is 0 Å². The van der Waals surface area contributed by atoms with Crippen LogP contribution >= 0.6 is 39.1 Å². The fourth-order valence-electron chi connectivity index (χ4n) is 1.37. The van der Waals surface area contributed by atoms with Gasteiger partial charge in [0.05, 0.1) is 5.03 Å². The van der Waals surface area contributed by atoms with Gasteiger partial charge in [0.2, 0.25) is 0 Å². The van der Waals surface area contributed by atoms with Crippen LogP contribution in [0.4, 0.5) is 0 Å². The third-order valence-corrected chi connectivity index (χ3v) is 3.13. The minimum atomic E-state index is 0.0747. The van der Waals surface area contributed by atoms with Crippen molar-refractivity contribution in [3.63, 3.8) is 0 Å². The lowest BCUT2D eigenvalue weighted by atomic mass is 10.1. The summed E-state index contributed by atoms with van der Waals surface area (Å²) in [5, 5.41) is 0.460. The monoisotopic (exact) mass is 337 g/mol. The zero-order valence-corrected chi connectivity index (χ0v) is 12.5. The number of halogens is 3. The van der Waals surface area contributed by atoms with Crippen LogP contribution in [0.5, 0.6) is 5.75 Å². The number of rotatable bonds is 5. The van der Waals surface area contributed by atoms with Crippen LogP contribution in [0.25, 0.3) is 0 Å². The Bertz CT molecular complexity index is 407. The van der Waals surface area contributed by atoms with Crippen molar-refractivity contribution in [2.24, 2.45) is 5.73 Å². The first-order valence-electron chi connectivity index (χ1n) is 5.14. The molecule has 0 aliphatic carbocycles. The van der Waals surface area contributed by atoms with Crippen molar-refractivity contribution in [1.82, 2.24) is 0 Å². The molecule has 0 spiro atoms. The molecule has 1 rings (SSSR count). The summed E-state index contributed by atoms with van der Waals surface area (Å²) >= 11 is 14.7. The van der Waals surface area contributed by atoms with E-state index in [-0.39, 0.29) is 12.6 Å². The minimum Gasteiger partial charge on any atom is -0.488 e. The van der Waals surface area contributed by atoms with Gasteiger partial charge < -0.3 is 10.5 Å². The highest BCUT2D eigenvalue weighted by Crippen LogP contribution is 2.25. The molecule has 0 aromatic heterocycles. The lowest BCUT2D eigenvalue weighted by Crippen LogP contribution is -2.18. The van der Waals surface area contributed by atoms with Crippen LogP contribution in [-0.2, 0) is 6.42 Å². The molecule has 1 atom stereocenters. The van der Waals surface area contributed by atoms with Gasteiger partial charge in [-0.15, -0.1) is 0 Å². The first-order chi connectivity index (χ1) is 8.02. The summed E-state index contributed by atoms with van der Waals surface area (Å²) in [4.78, 5) is 0. The van der Waals surface area contributed by atoms with E-state index in [1.807, 2.05) is 25.1 Å². The van der Waals surface area contributed by atoms with Gasteiger partial charge >= 0.3 is 0 Å². The van der Waals surface area contributed by atoms with Crippen molar-refractivity contribution >= 4 is 39.1 Å². The Morgan fingerprint density at radius 3 is 2.88 bits per heavy atom. The predicted molar refractivity (Wildman–Crippen MR) is 76.8 cm³/mol. The number of hydrogen-bond acceptors (Lipinski definition) is 2. The van der Waals surface area contributed by atoms with E-state index in [9.17, 15) is 0 Å². The second-order valence-electron chi connectivity index (χ2n) is 3.78. The van der Waals surface area contributed by atoms with E-state index < -0.39 is 0 Å². The summed E-state index contributed by atoms with van der Waals surface area (Å²) in [5.74, 6) is 0.780. The third kappa shape index (κ3) is 5.30. The Hall–Kier alpha value is -0.220. The summed E-state index contributed by atoms with van der Waals surface area (Å²) < 4.78 is 6.58. The molecule has 0 saturated heterocycles. The van der Waals surface area contributed by atoms with Crippen molar-refractivity contribution in [2.45, 2.75) is 19.4 Å². The van der Waals surface area contributed by atoms with Gasteiger partial charge in [-0.2, -0.15) is 0 Å². The quantitative estimate of drug-likeness (QED) is 0.879. The number of benzene rings is 1. The third-order valence-electron chi connectivity index (χ3n) is 2.05. The zero-order valence-electron chi connectivity index (χ0n) is 9.42. The molecule has 1 aromatic carbocycles. The van der Waals surface area contributed by atoms with Crippen LogP contribution in [0, 0.1) is 0 Å². The number of hydrogen-bond donors (Lipinski definition) is 1. The van der Waals surface area contributed by atoms with Gasteiger partial charge in [-0.25, -0.2) is 0 Å². The molecule has 1 unspecified atom stereocenters. The van der Waals surface area contributed by atoms with Crippen molar-refractivity contribution in [3.8, 4) is 5.75 Å². The average molecular weight is 339 g/mol. The van der Waals surface area contributed by atoms with Gasteiger partial charge in [0.25, 0.3) is 0 Å². The van der Waals surface area contributed by atoms with Crippen LogP contribution in [0.15, 0.2) is 33.2 Å². The smallest absolute Gasteiger partial charge is 0.125 e. The SMILES string of the molecule is CC(N)Cc1cc(Br)ccc1OCC(Cl)=CCl. The van der Waals surface area contributed by atoms with Crippen molar-refractivity contribution in [3.05, 3.63) is 38.8 Å². The van der Waals surface area contributed by atoms with Crippen molar-refractivity contribution < 1.29 is 4.74 Å². The van der Waals surface area contributed by atoms with Crippen LogP contribution in [-0.4, -0.2) is 12.6 Å². The Labute approximate surface area is 120 Å². The van der Waals surface area contributed by atoms with Crippen LogP contribution < -0.4 is 10.5 Å².